The fourth-order valence-electron chi connectivity index (χ4n) is 4.82. The summed E-state index contributed by atoms with van der Waals surface area (Å²) >= 11 is 0. The minimum absolute atomic E-state index is 0.0570. The molecule has 3 rings (SSSR count). The summed E-state index contributed by atoms with van der Waals surface area (Å²) in [6.45, 7) is 2.26. The molecule has 0 spiro atoms. The normalized spacial score (nSPS) is 11.0. The maximum absolute atomic E-state index is 12.1. The lowest BCUT2D eigenvalue weighted by molar-refractivity contribution is -0.119. The Bertz CT molecular complexity index is 1160. The van der Waals surface area contributed by atoms with Crippen molar-refractivity contribution in [1.82, 2.24) is 4.72 Å². The lowest BCUT2D eigenvalue weighted by atomic mass is 10.0. The number of hydrogen-bond donors (Lipinski definition) is 2. The predicted octanol–water partition coefficient (Wildman–Crippen LogP) is 9.69. The van der Waals surface area contributed by atoms with E-state index in [4.69, 9.17) is 5.73 Å². The third-order valence-electron chi connectivity index (χ3n) is 7.33. The molecule has 3 aromatic rings. The molecule has 0 radical (unpaired) electrons. The van der Waals surface area contributed by atoms with Crippen LogP contribution in [0, 0.1) is 0 Å². The van der Waals surface area contributed by atoms with Crippen LogP contribution in [0.15, 0.2) is 89.8 Å². The van der Waals surface area contributed by atoms with E-state index in [-0.39, 0.29) is 11.3 Å². The summed E-state index contributed by atoms with van der Waals surface area (Å²) in [5.41, 5.74) is 8.60. The molecule has 6 heteroatoms. The van der Waals surface area contributed by atoms with Crippen LogP contribution in [-0.2, 0) is 14.8 Å². The number of nitrogens with one attached hydrogen (secondary N) is 1. The average Bonchev–Trinajstić information content (AvgIpc) is 3.00. The molecule has 0 saturated carbocycles. The Morgan fingerprint density at radius 1 is 0.571 bits per heavy atom. The van der Waals surface area contributed by atoms with Crippen molar-refractivity contribution in [3.8, 4) is 11.1 Å². The molecule has 3 N–H and O–H groups in total. The molecule has 0 saturated heterocycles. The van der Waals surface area contributed by atoms with Gasteiger partial charge in [-0.15, -0.1) is 0 Å². The molecule has 0 aromatic heterocycles. The maximum atomic E-state index is 12.1. The predicted molar refractivity (Wildman–Crippen MR) is 178 cm³/mol. The number of carbonyl (C=O) groups excluding carboxylic acids is 1. The molecule has 0 bridgehead atoms. The van der Waals surface area contributed by atoms with Gasteiger partial charge in [0.05, 0.1) is 4.90 Å². The molecule has 0 aliphatic carbocycles. The van der Waals surface area contributed by atoms with Crippen LogP contribution in [0.25, 0.3) is 11.1 Å². The average molecular weight is 593 g/mol. The highest BCUT2D eigenvalue weighted by molar-refractivity contribution is 7.90. The topological polar surface area (TPSA) is 89.3 Å². The number of hydrogen-bond acceptors (Lipinski definition) is 4. The Labute approximate surface area is 255 Å². The van der Waals surface area contributed by atoms with Gasteiger partial charge in [-0.25, -0.2) is 13.1 Å². The second-order valence-electron chi connectivity index (χ2n) is 11.0. The van der Waals surface area contributed by atoms with Crippen LogP contribution >= 0.6 is 0 Å². The molecule has 0 heterocycles. The number of anilines is 1. The number of benzene rings is 3. The first-order chi connectivity index (χ1) is 20.4. The summed E-state index contributed by atoms with van der Waals surface area (Å²) in [5, 5.41) is 0. The van der Waals surface area contributed by atoms with E-state index in [9.17, 15) is 13.2 Å². The highest BCUT2D eigenvalue weighted by Crippen LogP contribution is 2.17. The summed E-state index contributed by atoms with van der Waals surface area (Å²) in [6.07, 6.45) is 19.2. The van der Waals surface area contributed by atoms with Gasteiger partial charge in [0.15, 0.2) is 0 Å². The second kappa shape index (κ2) is 21.6. The molecule has 0 fully saturated rings. The van der Waals surface area contributed by atoms with Crippen LogP contribution in [0.5, 0.6) is 0 Å². The first kappa shape index (κ1) is 35.1. The first-order valence-corrected chi connectivity index (χ1v) is 17.4. The van der Waals surface area contributed by atoms with Crippen LogP contribution in [-0.4, -0.2) is 14.3 Å². The zero-order valence-electron chi connectivity index (χ0n) is 25.6. The van der Waals surface area contributed by atoms with Crippen molar-refractivity contribution in [2.75, 3.05) is 5.73 Å². The van der Waals surface area contributed by atoms with E-state index in [0.29, 0.717) is 5.69 Å². The smallest absolute Gasteiger partial charge is 0.264 e. The summed E-state index contributed by atoms with van der Waals surface area (Å²) in [7, 11) is -3.80. The number of nitrogen functional groups attached to an aromatic ring is 1. The van der Waals surface area contributed by atoms with Gasteiger partial charge in [-0.3, -0.25) is 4.79 Å². The van der Waals surface area contributed by atoms with E-state index >= 15 is 0 Å². The van der Waals surface area contributed by atoms with E-state index < -0.39 is 15.9 Å². The van der Waals surface area contributed by atoms with E-state index in [1.165, 1.54) is 112 Å². The first-order valence-electron chi connectivity index (χ1n) is 15.9. The van der Waals surface area contributed by atoms with Gasteiger partial charge >= 0.3 is 0 Å². The third kappa shape index (κ3) is 15.8. The van der Waals surface area contributed by atoms with Gasteiger partial charge in [-0.1, -0.05) is 157 Å². The monoisotopic (exact) mass is 592 g/mol. The number of sulfonamides is 1. The highest BCUT2D eigenvalue weighted by Gasteiger charge is 2.16. The van der Waals surface area contributed by atoms with Gasteiger partial charge < -0.3 is 5.73 Å². The number of carbonyl (C=O) groups is 1. The van der Waals surface area contributed by atoms with Crippen molar-refractivity contribution in [2.45, 2.75) is 115 Å². The number of rotatable bonds is 19. The quantitative estimate of drug-likeness (QED) is 0.107. The fourth-order valence-corrected chi connectivity index (χ4v) is 5.84. The number of amides is 1. The molecule has 42 heavy (non-hydrogen) atoms. The van der Waals surface area contributed by atoms with Crippen LogP contribution in [0.1, 0.15) is 110 Å². The molecule has 0 atom stereocenters. The second-order valence-corrected chi connectivity index (χ2v) is 12.7. The Hall–Kier alpha value is -3.12. The minimum atomic E-state index is -3.80. The molecule has 5 nitrogen and oxygen atoms in total. The largest absolute Gasteiger partial charge is 0.399 e. The summed E-state index contributed by atoms with van der Waals surface area (Å²) in [4.78, 5) is 12.0. The Balaban J connectivity index is 0.000000420. The van der Waals surface area contributed by atoms with Crippen LogP contribution < -0.4 is 10.5 Å². The molecule has 230 valence electrons. The Kier molecular flexibility index (Phi) is 18.0. The molecular formula is C36H52N2O3S. The highest BCUT2D eigenvalue weighted by atomic mass is 32.2. The number of unbranched alkanes of at least 4 members (excludes halogenated alkanes) is 14. The molecule has 1 amide bonds. The standard InChI is InChI=1S/C24H42N2O3S.C12H10/c1-2-3-4-5-6-7-8-9-10-11-12-13-14-15-16-17-24(27)26-30(28,29)23-20-18-22(25)19-21-23;1-3-7-11(8-4-1)12-9-5-2-6-10-12/h18-21H,2-17,25H2,1H3,(H,26,27);1-10H. The van der Waals surface area contributed by atoms with Crippen LogP contribution in [0.3, 0.4) is 0 Å². The minimum Gasteiger partial charge on any atom is -0.399 e. The third-order valence-corrected chi connectivity index (χ3v) is 8.72. The van der Waals surface area contributed by atoms with E-state index in [1.54, 1.807) is 0 Å². The van der Waals surface area contributed by atoms with Crippen LogP contribution in [0.4, 0.5) is 5.69 Å². The summed E-state index contributed by atoms with van der Waals surface area (Å²) in [5.74, 6) is -0.443. The summed E-state index contributed by atoms with van der Waals surface area (Å²) < 4.78 is 26.4. The zero-order valence-corrected chi connectivity index (χ0v) is 26.4. The molecule has 0 unspecified atom stereocenters. The van der Waals surface area contributed by atoms with Gasteiger partial charge in [0.1, 0.15) is 0 Å². The molecule has 0 aliphatic rings. The lowest BCUT2D eigenvalue weighted by Gasteiger charge is -2.07. The maximum Gasteiger partial charge on any atom is 0.264 e. The van der Waals surface area contributed by atoms with E-state index in [0.717, 1.165) is 19.3 Å². The van der Waals surface area contributed by atoms with Gasteiger partial charge in [-0.2, -0.15) is 0 Å². The SMILES string of the molecule is CCCCCCCCCCCCCCCCCC(=O)NS(=O)(=O)c1ccc(N)cc1.c1ccc(-c2ccccc2)cc1. The zero-order chi connectivity index (χ0) is 30.3. The van der Waals surface area contributed by atoms with Gasteiger partial charge in [0.25, 0.3) is 10.0 Å². The number of nitrogens with two attached hydrogens (primary N) is 1. The van der Waals surface area contributed by atoms with Crippen molar-refractivity contribution in [3.05, 3.63) is 84.9 Å². The molecule has 3 aromatic carbocycles. The van der Waals surface area contributed by atoms with Crippen molar-refractivity contribution >= 4 is 21.6 Å². The van der Waals surface area contributed by atoms with Crippen molar-refractivity contribution in [3.63, 3.8) is 0 Å². The van der Waals surface area contributed by atoms with E-state index in [1.807, 2.05) is 12.1 Å². The van der Waals surface area contributed by atoms with E-state index in [2.05, 4.69) is 60.2 Å². The van der Waals surface area contributed by atoms with Crippen molar-refractivity contribution < 1.29 is 13.2 Å². The Morgan fingerprint density at radius 2 is 0.952 bits per heavy atom. The van der Waals surface area contributed by atoms with Crippen molar-refractivity contribution in [2.24, 2.45) is 0 Å². The fraction of sp³-hybridized carbons (Fsp3) is 0.472. The van der Waals surface area contributed by atoms with Gasteiger partial charge in [0, 0.05) is 12.1 Å². The van der Waals surface area contributed by atoms with Gasteiger partial charge in [0.2, 0.25) is 5.91 Å². The lowest BCUT2D eigenvalue weighted by Crippen LogP contribution is -2.30. The Morgan fingerprint density at radius 3 is 1.36 bits per heavy atom. The summed E-state index contributed by atoms with van der Waals surface area (Å²) in [6, 6.07) is 26.6. The van der Waals surface area contributed by atoms with Gasteiger partial charge in [-0.05, 0) is 41.8 Å². The van der Waals surface area contributed by atoms with Crippen LogP contribution in [0.2, 0.25) is 0 Å². The van der Waals surface area contributed by atoms with Crippen molar-refractivity contribution in [1.29, 1.82) is 0 Å². The molecular weight excluding hydrogens is 540 g/mol. The molecule has 0 aliphatic heterocycles.